The van der Waals surface area contributed by atoms with Crippen LogP contribution in [0.25, 0.3) is 0 Å². The first-order chi connectivity index (χ1) is 11.7. The lowest BCUT2D eigenvalue weighted by Crippen LogP contribution is -2.37. The van der Waals surface area contributed by atoms with E-state index in [9.17, 15) is 14.7 Å². The van der Waals surface area contributed by atoms with Gasteiger partial charge in [0.15, 0.2) is 11.5 Å². The summed E-state index contributed by atoms with van der Waals surface area (Å²) in [5, 5.41) is 10.5. The molecule has 1 N–H and O–H groups in total. The molecule has 0 bridgehead atoms. The monoisotopic (exact) mass is 347 g/mol. The lowest BCUT2D eigenvalue weighted by atomic mass is 9.83. The Morgan fingerprint density at radius 2 is 2.08 bits per heavy atom. The molecule has 136 valence electrons. The largest absolute Gasteiger partial charge is 0.503 e. The average molecular weight is 347 g/mol. The van der Waals surface area contributed by atoms with E-state index < -0.39 is 23.1 Å². The molecule has 1 aromatic heterocycles. The van der Waals surface area contributed by atoms with Crippen LogP contribution in [0.4, 0.5) is 0 Å². The minimum absolute atomic E-state index is 0.0839. The van der Waals surface area contributed by atoms with E-state index in [1.165, 1.54) is 4.90 Å². The second-order valence-electron chi connectivity index (χ2n) is 7.78. The number of hydrogen-bond acceptors (Lipinski definition) is 5. The maximum absolute atomic E-state index is 12.9. The Morgan fingerprint density at radius 3 is 2.60 bits per heavy atom. The van der Waals surface area contributed by atoms with E-state index in [0.29, 0.717) is 24.7 Å². The Kier molecular flexibility index (Phi) is 4.49. The van der Waals surface area contributed by atoms with Crippen molar-refractivity contribution in [1.82, 2.24) is 4.90 Å². The molecule has 1 amide bonds. The van der Waals surface area contributed by atoms with Gasteiger partial charge in [-0.3, -0.25) is 9.59 Å². The molecule has 1 saturated heterocycles. The first-order valence-electron chi connectivity index (χ1n) is 8.67. The summed E-state index contributed by atoms with van der Waals surface area (Å²) < 4.78 is 11.4. The number of Topliss-reactive ketones (excluding diaryl/α,β-unsaturated/α-hetero) is 1. The highest BCUT2D eigenvalue weighted by Crippen LogP contribution is 2.41. The van der Waals surface area contributed by atoms with Gasteiger partial charge >= 0.3 is 0 Å². The number of amides is 1. The highest BCUT2D eigenvalue weighted by atomic mass is 16.5. The minimum Gasteiger partial charge on any atom is -0.503 e. The third-order valence-electron chi connectivity index (χ3n) is 4.68. The van der Waals surface area contributed by atoms with E-state index >= 15 is 0 Å². The number of carbonyl (C=O) groups is 2. The number of furan rings is 1. The van der Waals surface area contributed by atoms with Gasteiger partial charge < -0.3 is 19.2 Å². The predicted molar refractivity (Wildman–Crippen MR) is 91.0 cm³/mol. The van der Waals surface area contributed by atoms with Gasteiger partial charge in [0.1, 0.15) is 17.6 Å². The van der Waals surface area contributed by atoms with Crippen molar-refractivity contribution in [1.29, 1.82) is 0 Å². The Bertz CT molecular complexity index is 718. The molecule has 6 heteroatoms. The summed E-state index contributed by atoms with van der Waals surface area (Å²) in [7, 11) is 0. The number of ketones is 1. The lowest BCUT2D eigenvalue weighted by Gasteiger charge is -2.28. The van der Waals surface area contributed by atoms with Gasteiger partial charge in [-0.25, -0.2) is 0 Å². The van der Waals surface area contributed by atoms with Crippen LogP contribution in [0.5, 0.6) is 0 Å². The molecular weight excluding hydrogens is 322 g/mol. The molecule has 0 saturated carbocycles. The van der Waals surface area contributed by atoms with Crippen LogP contribution in [0.3, 0.4) is 0 Å². The summed E-state index contributed by atoms with van der Waals surface area (Å²) in [6.45, 7) is 8.12. The Hall–Kier alpha value is -2.08. The van der Waals surface area contributed by atoms with E-state index in [1.54, 1.807) is 39.8 Å². The molecular formula is C19H25NO5. The van der Waals surface area contributed by atoms with Crippen LogP contribution >= 0.6 is 0 Å². The fourth-order valence-electron chi connectivity index (χ4n) is 3.38. The van der Waals surface area contributed by atoms with Crippen LogP contribution in [-0.4, -0.2) is 41.0 Å². The average Bonchev–Trinajstić information content (AvgIpc) is 3.23. The topological polar surface area (TPSA) is 80.0 Å². The molecule has 2 aliphatic rings. The smallest absolute Gasteiger partial charge is 0.290 e. The molecule has 6 nitrogen and oxygen atoms in total. The first-order valence-corrected chi connectivity index (χ1v) is 8.67. The second-order valence-corrected chi connectivity index (χ2v) is 7.78. The molecule has 0 aromatic carbocycles. The zero-order valence-electron chi connectivity index (χ0n) is 15.2. The van der Waals surface area contributed by atoms with Crippen LogP contribution in [0.1, 0.15) is 51.2 Å². The van der Waals surface area contributed by atoms with Gasteiger partial charge in [0, 0.05) is 18.6 Å². The van der Waals surface area contributed by atoms with E-state index in [2.05, 4.69) is 0 Å². The second kappa shape index (κ2) is 6.33. The quantitative estimate of drug-likeness (QED) is 0.905. The number of aryl methyl sites for hydroxylation is 1. The van der Waals surface area contributed by atoms with Crippen LogP contribution in [-0.2, 0) is 14.3 Å². The molecule has 0 spiro atoms. The number of aliphatic hydroxyl groups excluding tert-OH is 1. The number of aliphatic hydroxyl groups is 1. The zero-order chi connectivity index (χ0) is 18.4. The summed E-state index contributed by atoms with van der Waals surface area (Å²) in [5.74, 6) is -0.0969. The van der Waals surface area contributed by atoms with Crippen molar-refractivity contribution >= 4 is 11.7 Å². The number of ether oxygens (including phenoxy) is 1. The first kappa shape index (κ1) is 17.7. The van der Waals surface area contributed by atoms with Crippen molar-refractivity contribution in [2.75, 3.05) is 13.2 Å². The van der Waals surface area contributed by atoms with E-state index in [1.807, 2.05) is 0 Å². The van der Waals surface area contributed by atoms with Gasteiger partial charge in [0.2, 0.25) is 0 Å². The highest BCUT2D eigenvalue weighted by Gasteiger charge is 2.48. The fourth-order valence-corrected chi connectivity index (χ4v) is 3.38. The standard InChI is InChI=1S/C19H25NO5/c1-11-7-8-13(25-11)15-14(17(22)19(2,3)4)16(21)18(23)20(15)10-12-6-5-9-24-12/h7-8,12,15,21H,5-6,9-10H2,1-4H3. The maximum Gasteiger partial charge on any atom is 0.290 e. The van der Waals surface area contributed by atoms with Crippen molar-refractivity contribution in [3.05, 3.63) is 35.0 Å². The summed E-state index contributed by atoms with van der Waals surface area (Å²) in [4.78, 5) is 27.1. The minimum atomic E-state index is -0.719. The van der Waals surface area contributed by atoms with Crippen LogP contribution in [0.15, 0.2) is 27.9 Å². The van der Waals surface area contributed by atoms with Gasteiger partial charge in [-0.15, -0.1) is 0 Å². The SMILES string of the molecule is Cc1ccc(C2C(C(=O)C(C)(C)C)=C(O)C(=O)N2CC2CCCO2)o1. The third-order valence-corrected chi connectivity index (χ3v) is 4.68. The summed E-state index contributed by atoms with van der Waals surface area (Å²) >= 11 is 0. The van der Waals surface area contributed by atoms with Crippen LogP contribution < -0.4 is 0 Å². The van der Waals surface area contributed by atoms with Crippen molar-refractivity contribution in [2.24, 2.45) is 5.41 Å². The third kappa shape index (κ3) is 3.23. The van der Waals surface area contributed by atoms with Gasteiger partial charge in [-0.1, -0.05) is 20.8 Å². The normalized spacial score (nSPS) is 24.5. The molecule has 25 heavy (non-hydrogen) atoms. The molecule has 0 radical (unpaired) electrons. The molecule has 2 aliphatic heterocycles. The van der Waals surface area contributed by atoms with Crippen molar-refractivity contribution in [2.45, 2.75) is 52.7 Å². The van der Waals surface area contributed by atoms with Crippen molar-refractivity contribution < 1.29 is 23.8 Å². The predicted octanol–water partition coefficient (Wildman–Crippen LogP) is 3.08. The summed E-state index contributed by atoms with van der Waals surface area (Å²) in [5.41, 5.74) is -0.603. The molecule has 3 heterocycles. The van der Waals surface area contributed by atoms with E-state index in [4.69, 9.17) is 9.15 Å². The van der Waals surface area contributed by atoms with Gasteiger partial charge in [-0.05, 0) is 31.9 Å². The van der Waals surface area contributed by atoms with Crippen molar-refractivity contribution in [3.63, 3.8) is 0 Å². The number of nitrogens with zero attached hydrogens (tertiary/aromatic N) is 1. The molecule has 1 aromatic rings. The maximum atomic E-state index is 12.9. The summed E-state index contributed by atoms with van der Waals surface area (Å²) in [6, 6.07) is 2.83. The van der Waals surface area contributed by atoms with E-state index in [-0.39, 0.29) is 17.5 Å². The molecule has 2 unspecified atom stereocenters. The Balaban J connectivity index is 2.02. The Morgan fingerprint density at radius 1 is 1.36 bits per heavy atom. The van der Waals surface area contributed by atoms with Crippen molar-refractivity contribution in [3.8, 4) is 0 Å². The molecule has 0 aliphatic carbocycles. The highest BCUT2D eigenvalue weighted by molar-refractivity contribution is 6.10. The molecule has 3 rings (SSSR count). The van der Waals surface area contributed by atoms with Gasteiger partial charge in [-0.2, -0.15) is 0 Å². The van der Waals surface area contributed by atoms with E-state index in [0.717, 1.165) is 12.8 Å². The molecule has 1 fully saturated rings. The number of hydrogen-bond donors (Lipinski definition) is 1. The Labute approximate surface area is 147 Å². The number of rotatable bonds is 4. The van der Waals surface area contributed by atoms with Crippen LogP contribution in [0, 0.1) is 12.3 Å². The zero-order valence-corrected chi connectivity index (χ0v) is 15.2. The molecule has 2 atom stereocenters. The lowest BCUT2D eigenvalue weighted by molar-refractivity contribution is -0.131. The van der Waals surface area contributed by atoms with Gasteiger partial charge in [0.25, 0.3) is 5.91 Å². The summed E-state index contributed by atoms with van der Waals surface area (Å²) in [6.07, 6.45) is 1.72. The fraction of sp³-hybridized carbons (Fsp3) is 0.579. The van der Waals surface area contributed by atoms with Crippen LogP contribution in [0.2, 0.25) is 0 Å². The van der Waals surface area contributed by atoms with Gasteiger partial charge in [0.05, 0.1) is 11.7 Å². The number of carbonyl (C=O) groups excluding carboxylic acids is 2.